The Morgan fingerprint density at radius 1 is 1.12 bits per heavy atom. The number of aromatic nitrogens is 2. The van der Waals surface area contributed by atoms with E-state index in [4.69, 9.17) is 9.47 Å². The fraction of sp³-hybridized carbons (Fsp3) is 0.227. The number of sulfonamides is 1. The Balaban J connectivity index is 1.58. The summed E-state index contributed by atoms with van der Waals surface area (Å²) in [7, 11) is -2.24. The summed E-state index contributed by atoms with van der Waals surface area (Å²) in [6.07, 6.45) is 0. The molecule has 12 heteroatoms. The molecule has 11 nitrogen and oxygen atoms in total. The van der Waals surface area contributed by atoms with Gasteiger partial charge in [-0.2, -0.15) is 14.1 Å². The highest BCUT2D eigenvalue weighted by molar-refractivity contribution is 7.89. The predicted octanol–water partition coefficient (Wildman–Crippen LogP) is 1.22. The Bertz CT molecular complexity index is 1360. The molecule has 0 saturated carbocycles. The van der Waals surface area contributed by atoms with E-state index in [1.54, 1.807) is 24.3 Å². The second kappa shape index (κ2) is 9.63. The highest BCUT2D eigenvalue weighted by Crippen LogP contribution is 2.23. The molecule has 1 saturated heterocycles. The Hall–Kier alpha value is -3.74. The molecular weight excluding hydrogens is 464 g/mol. The number of carbonyl (C=O) groups is 1. The van der Waals surface area contributed by atoms with Gasteiger partial charge in [-0.1, -0.05) is 12.1 Å². The van der Waals surface area contributed by atoms with Crippen LogP contribution in [0.1, 0.15) is 10.5 Å². The number of hydrogen-bond acceptors (Lipinski definition) is 8. The van der Waals surface area contributed by atoms with E-state index in [1.165, 1.54) is 35.7 Å². The molecule has 1 aromatic heterocycles. The maximum atomic E-state index is 12.8. The summed E-state index contributed by atoms with van der Waals surface area (Å²) in [5.74, 6) is -1.03. The quantitative estimate of drug-likeness (QED) is 0.530. The van der Waals surface area contributed by atoms with Crippen LogP contribution in [0.5, 0.6) is 11.5 Å². The summed E-state index contributed by atoms with van der Waals surface area (Å²) in [5, 5.41) is 16.7. The summed E-state index contributed by atoms with van der Waals surface area (Å²) in [6, 6.07) is 13.1. The second-order valence-corrected chi connectivity index (χ2v) is 9.23. The minimum absolute atomic E-state index is 0.0816. The molecule has 0 atom stereocenters. The molecule has 0 aliphatic carbocycles. The van der Waals surface area contributed by atoms with E-state index in [9.17, 15) is 23.1 Å². The molecule has 178 valence electrons. The van der Waals surface area contributed by atoms with Crippen LogP contribution in [-0.2, 0) is 14.8 Å². The molecule has 2 heterocycles. The summed E-state index contributed by atoms with van der Waals surface area (Å²) < 4.78 is 38.2. The molecular formula is C22H22N4O7S. The van der Waals surface area contributed by atoms with E-state index in [-0.39, 0.29) is 23.7 Å². The Kier molecular flexibility index (Phi) is 6.63. The van der Waals surface area contributed by atoms with Crippen LogP contribution < -0.4 is 15.6 Å². The SMILES string of the molecule is COc1ccccc1-n1nc(C(=O)Nc2ccc(S(=O)(=O)N3CCOCC3)cc2)c(O)cc1=O. The number of rotatable bonds is 6. The van der Waals surface area contributed by atoms with Crippen molar-refractivity contribution in [2.45, 2.75) is 4.90 Å². The smallest absolute Gasteiger partial charge is 0.279 e. The molecule has 0 unspecified atom stereocenters. The Morgan fingerprint density at radius 3 is 2.47 bits per heavy atom. The van der Waals surface area contributed by atoms with Crippen LogP contribution in [0, 0.1) is 0 Å². The minimum Gasteiger partial charge on any atom is -0.505 e. The standard InChI is InChI=1S/C22H22N4O7S/c1-32-19-5-3-2-4-17(19)26-20(28)14-18(27)21(24-26)22(29)23-15-6-8-16(9-7-15)34(30,31)25-10-12-33-13-11-25/h2-9,14,27H,10-13H2,1H3,(H,23,29). The Labute approximate surface area is 195 Å². The van der Waals surface area contributed by atoms with Crippen molar-refractivity contribution in [1.82, 2.24) is 14.1 Å². The van der Waals surface area contributed by atoms with Crippen LogP contribution in [0.25, 0.3) is 5.69 Å². The van der Waals surface area contributed by atoms with Gasteiger partial charge >= 0.3 is 0 Å². The first-order chi connectivity index (χ1) is 16.3. The number of ether oxygens (including phenoxy) is 2. The molecule has 0 bridgehead atoms. The van der Waals surface area contributed by atoms with E-state index >= 15 is 0 Å². The molecule has 1 amide bonds. The van der Waals surface area contributed by atoms with Gasteiger partial charge in [0.25, 0.3) is 11.5 Å². The van der Waals surface area contributed by atoms with Gasteiger partial charge in [-0.3, -0.25) is 9.59 Å². The van der Waals surface area contributed by atoms with Crippen LogP contribution in [0.15, 0.2) is 64.3 Å². The highest BCUT2D eigenvalue weighted by atomic mass is 32.2. The van der Waals surface area contributed by atoms with Crippen molar-refractivity contribution in [3.8, 4) is 17.2 Å². The van der Waals surface area contributed by atoms with Gasteiger partial charge in [-0.25, -0.2) is 8.42 Å². The zero-order valence-corrected chi connectivity index (χ0v) is 19.0. The predicted molar refractivity (Wildman–Crippen MR) is 122 cm³/mol. The van der Waals surface area contributed by atoms with E-state index in [2.05, 4.69) is 10.4 Å². The molecule has 1 aliphatic heterocycles. The third kappa shape index (κ3) is 4.64. The molecule has 4 rings (SSSR count). The molecule has 2 aromatic carbocycles. The van der Waals surface area contributed by atoms with Crippen molar-refractivity contribution >= 4 is 21.6 Å². The highest BCUT2D eigenvalue weighted by Gasteiger charge is 2.26. The number of nitrogens with zero attached hydrogens (tertiary/aromatic N) is 3. The number of carbonyl (C=O) groups excluding carboxylic acids is 1. The largest absolute Gasteiger partial charge is 0.505 e. The maximum Gasteiger partial charge on any atom is 0.279 e. The summed E-state index contributed by atoms with van der Waals surface area (Å²) in [4.78, 5) is 25.3. The van der Waals surface area contributed by atoms with Crippen LogP contribution in [-0.4, -0.2) is 66.9 Å². The number of aromatic hydroxyl groups is 1. The first kappa shape index (κ1) is 23.4. The number of nitrogens with one attached hydrogen (secondary N) is 1. The lowest BCUT2D eigenvalue weighted by atomic mass is 10.2. The summed E-state index contributed by atoms with van der Waals surface area (Å²) in [6.45, 7) is 1.21. The normalized spacial score (nSPS) is 14.5. The van der Waals surface area contributed by atoms with Crippen molar-refractivity contribution in [2.75, 3.05) is 38.7 Å². The third-order valence-electron chi connectivity index (χ3n) is 5.16. The van der Waals surface area contributed by atoms with E-state index in [0.29, 0.717) is 24.7 Å². The molecule has 3 aromatic rings. The summed E-state index contributed by atoms with van der Waals surface area (Å²) in [5.41, 5.74) is -0.476. The first-order valence-electron chi connectivity index (χ1n) is 10.3. The molecule has 0 radical (unpaired) electrons. The zero-order chi connectivity index (χ0) is 24.3. The molecule has 0 spiro atoms. The first-order valence-corrected chi connectivity index (χ1v) is 11.7. The lowest BCUT2D eigenvalue weighted by Gasteiger charge is -2.26. The average Bonchev–Trinajstić information content (AvgIpc) is 2.85. The number of morpholine rings is 1. The molecule has 1 fully saturated rings. The lowest BCUT2D eigenvalue weighted by molar-refractivity contribution is 0.0730. The van der Waals surface area contributed by atoms with Crippen LogP contribution in [0.3, 0.4) is 0 Å². The molecule has 34 heavy (non-hydrogen) atoms. The van der Waals surface area contributed by atoms with Gasteiger partial charge in [0.15, 0.2) is 11.4 Å². The van der Waals surface area contributed by atoms with Gasteiger partial charge in [0, 0.05) is 24.8 Å². The number of para-hydroxylation sites is 2. The summed E-state index contributed by atoms with van der Waals surface area (Å²) >= 11 is 0. The van der Waals surface area contributed by atoms with Crippen LogP contribution in [0.4, 0.5) is 5.69 Å². The third-order valence-corrected chi connectivity index (χ3v) is 7.07. The molecule has 1 aliphatic rings. The fourth-order valence-corrected chi connectivity index (χ4v) is 4.83. The number of amides is 1. The van der Waals surface area contributed by atoms with Gasteiger partial charge in [-0.15, -0.1) is 0 Å². The van der Waals surface area contributed by atoms with E-state index in [0.717, 1.165) is 10.7 Å². The van der Waals surface area contributed by atoms with Crippen LogP contribution >= 0.6 is 0 Å². The zero-order valence-electron chi connectivity index (χ0n) is 18.2. The number of anilines is 1. The van der Waals surface area contributed by atoms with Gasteiger partial charge in [0.1, 0.15) is 11.4 Å². The van der Waals surface area contributed by atoms with Crippen molar-refractivity contribution in [3.63, 3.8) is 0 Å². The number of benzene rings is 2. The van der Waals surface area contributed by atoms with Gasteiger partial charge in [0.2, 0.25) is 10.0 Å². The minimum atomic E-state index is -3.68. The van der Waals surface area contributed by atoms with Gasteiger partial charge in [-0.05, 0) is 36.4 Å². The maximum absolute atomic E-state index is 12.8. The number of hydrogen-bond donors (Lipinski definition) is 2. The van der Waals surface area contributed by atoms with Crippen LogP contribution in [0.2, 0.25) is 0 Å². The average molecular weight is 487 g/mol. The van der Waals surface area contributed by atoms with Gasteiger partial charge < -0.3 is 19.9 Å². The fourth-order valence-electron chi connectivity index (χ4n) is 3.42. The van der Waals surface area contributed by atoms with E-state index in [1.807, 2.05) is 0 Å². The van der Waals surface area contributed by atoms with E-state index < -0.39 is 32.9 Å². The second-order valence-electron chi connectivity index (χ2n) is 7.30. The monoisotopic (exact) mass is 486 g/mol. The van der Waals surface area contributed by atoms with Crippen molar-refractivity contribution in [2.24, 2.45) is 0 Å². The van der Waals surface area contributed by atoms with Crippen molar-refractivity contribution in [3.05, 3.63) is 70.6 Å². The van der Waals surface area contributed by atoms with Crippen molar-refractivity contribution < 1.29 is 27.8 Å². The van der Waals surface area contributed by atoms with Crippen molar-refractivity contribution in [1.29, 1.82) is 0 Å². The molecule has 2 N–H and O–H groups in total. The topological polar surface area (TPSA) is 140 Å². The number of methoxy groups -OCH3 is 1. The van der Waals surface area contributed by atoms with Gasteiger partial charge in [0.05, 0.1) is 25.2 Å². The Morgan fingerprint density at radius 2 is 1.79 bits per heavy atom. The lowest BCUT2D eigenvalue weighted by Crippen LogP contribution is -2.40.